The standard InChI is InChI=1S/C6H10O2/c1-3-6(2,8)4-5-7/h1,7-8H,4-5H2,2H3/t6-/m0/s1. The number of terminal acetylenes is 1. The molecule has 0 rings (SSSR count). The summed E-state index contributed by atoms with van der Waals surface area (Å²) in [5, 5.41) is 17.2. The lowest BCUT2D eigenvalue weighted by Gasteiger charge is -2.12. The van der Waals surface area contributed by atoms with Gasteiger partial charge in [0.05, 0.1) is 0 Å². The third kappa shape index (κ3) is 2.62. The van der Waals surface area contributed by atoms with Crippen LogP contribution in [0.15, 0.2) is 0 Å². The highest BCUT2D eigenvalue weighted by Gasteiger charge is 2.13. The Balaban J connectivity index is 3.59. The molecule has 0 saturated heterocycles. The fraction of sp³-hybridized carbons (Fsp3) is 0.667. The van der Waals surface area contributed by atoms with Gasteiger partial charge in [-0.2, -0.15) is 0 Å². The average Bonchev–Trinajstić information content (AvgIpc) is 1.67. The van der Waals surface area contributed by atoms with Crippen LogP contribution in [0.3, 0.4) is 0 Å². The van der Waals surface area contributed by atoms with Gasteiger partial charge < -0.3 is 10.2 Å². The van der Waals surface area contributed by atoms with Gasteiger partial charge in [0, 0.05) is 13.0 Å². The summed E-state index contributed by atoms with van der Waals surface area (Å²) in [7, 11) is 0. The summed E-state index contributed by atoms with van der Waals surface area (Å²) < 4.78 is 0. The zero-order valence-electron chi connectivity index (χ0n) is 4.89. The van der Waals surface area contributed by atoms with Crippen molar-refractivity contribution in [1.29, 1.82) is 0 Å². The minimum Gasteiger partial charge on any atom is -0.396 e. The van der Waals surface area contributed by atoms with Crippen LogP contribution in [-0.4, -0.2) is 22.4 Å². The summed E-state index contributed by atoms with van der Waals surface area (Å²) in [6.45, 7) is 1.42. The Morgan fingerprint density at radius 2 is 2.25 bits per heavy atom. The summed E-state index contributed by atoms with van der Waals surface area (Å²) in [6, 6.07) is 0. The van der Waals surface area contributed by atoms with Gasteiger partial charge in [0.1, 0.15) is 5.60 Å². The second-order valence-corrected chi connectivity index (χ2v) is 1.89. The molecule has 0 aliphatic rings. The molecule has 0 aliphatic carbocycles. The first-order valence-electron chi connectivity index (χ1n) is 2.43. The Bertz CT molecular complexity index is 99.6. The molecule has 0 heterocycles. The number of aliphatic hydroxyl groups is 2. The van der Waals surface area contributed by atoms with E-state index in [2.05, 4.69) is 5.92 Å². The quantitative estimate of drug-likeness (QED) is 0.486. The maximum Gasteiger partial charge on any atom is 0.124 e. The third-order valence-corrected chi connectivity index (χ3v) is 0.910. The molecule has 0 aromatic rings. The van der Waals surface area contributed by atoms with Gasteiger partial charge in [-0.1, -0.05) is 5.92 Å². The van der Waals surface area contributed by atoms with Crippen LogP contribution < -0.4 is 0 Å². The summed E-state index contributed by atoms with van der Waals surface area (Å²) in [4.78, 5) is 0. The summed E-state index contributed by atoms with van der Waals surface area (Å²) >= 11 is 0. The van der Waals surface area contributed by atoms with Gasteiger partial charge in [-0.05, 0) is 6.92 Å². The zero-order valence-corrected chi connectivity index (χ0v) is 4.89. The molecule has 0 amide bonds. The molecule has 0 fully saturated rings. The lowest BCUT2D eigenvalue weighted by molar-refractivity contribution is 0.0879. The first kappa shape index (κ1) is 7.48. The van der Waals surface area contributed by atoms with E-state index in [1.807, 2.05) is 0 Å². The number of hydrogen-bond acceptors (Lipinski definition) is 2. The molecule has 0 aromatic heterocycles. The fourth-order valence-electron chi connectivity index (χ4n) is 0.290. The molecular formula is C6H10O2. The second-order valence-electron chi connectivity index (χ2n) is 1.89. The summed E-state index contributed by atoms with van der Waals surface area (Å²) in [5.41, 5.74) is -1.13. The normalized spacial score (nSPS) is 16.8. The Hall–Kier alpha value is -0.520. The van der Waals surface area contributed by atoms with Gasteiger partial charge in [-0.25, -0.2) is 0 Å². The molecule has 0 bridgehead atoms. The highest BCUT2D eigenvalue weighted by molar-refractivity contribution is 5.03. The van der Waals surface area contributed by atoms with Gasteiger partial charge in [0.25, 0.3) is 0 Å². The highest BCUT2D eigenvalue weighted by Crippen LogP contribution is 2.04. The van der Waals surface area contributed by atoms with Crippen molar-refractivity contribution >= 4 is 0 Å². The van der Waals surface area contributed by atoms with Gasteiger partial charge in [0.2, 0.25) is 0 Å². The Kier molecular flexibility index (Phi) is 2.53. The van der Waals surface area contributed by atoms with Crippen molar-refractivity contribution in [3.05, 3.63) is 0 Å². The number of rotatable bonds is 2. The van der Waals surface area contributed by atoms with Crippen molar-refractivity contribution in [1.82, 2.24) is 0 Å². The molecular weight excluding hydrogens is 104 g/mol. The van der Waals surface area contributed by atoms with Gasteiger partial charge in [-0.15, -0.1) is 6.42 Å². The molecule has 0 unspecified atom stereocenters. The molecule has 2 heteroatoms. The second kappa shape index (κ2) is 2.71. The van der Waals surface area contributed by atoms with E-state index in [4.69, 9.17) is 16.6 Å². The van der Waals surface area contributed by atoms with E-state index >= 15 is 0 Å². The van der Waals surface area contributed by atoms with Crippen LogP contribution in [0, 0.1) is 12.3 Å². The van der Waals surface area contributed by atoms with Crippen LogP contribution in [0.25, 0.3) is 0 Å². The van der Waals surface area contributed by atoms with E-state index < -0.39 is 5.60 Å². The Morgan fingerprint density at radius 3 is 2.38 bits per heavy atom. The van der Waals surface area contributed by atoms with Crippen LogP contribution >= 0.6 is 0 Å². The predicted molar refractivity (Wildman–Crippen MR) is 31.2 cm³/mol. The monoisotopic (exact) mass is 114 g/mol. The Morgan fingerprint density at radius 1 is 1.75 bits per heavy atom. The number of aliphatic hydroxyl groups excluding tert-OH is 1. The van der Waals surface area contributed by atoms with Crippen molar-refractivity contribution in [3.8, 4) is 12.3 Å². The van der Waals surface area contributed by atoms with Crippen molar-refractivity contribution in [3.63, 3.8) is 0 Å². The van der Waals surface area contributed by atoms with Crippen molar-refractivity contribution in [2.75, 3.05) is 6.61 Å². The van der Waals surface area contributed by atoms with Crippen molar-refractivity contribution in [2.24, 2.45) is 0 Å². The lowest BCUT2D eigenvalue weighted by Crippen LogP contribution is -2.22. The van der Waals surface area contributed by atoms with Gasteiger partial charge in [-0.3, -0.25) is 0 Å². The molecule has 0 aromatic carbocycles. The van der Waals surface area contributed by atoms with E-state index in [-0.39, 0.29) is 13.0 Å². The topological polar surface area (TPSA) is 40.5 Å². The minimum atomic E-state index is -1.13. The first-order valence-corrected chi connectivity index (χ1v) is 2.43. The van der Waals surface area contributed by atoms with E-state index in [0.717, 1.165) is 0 Å². The minimum absolute atomic E-state index is 0.0722. The average molecular weight is 114 g/mol. The molecule has 2 nitrogen and oxygen atoms in total. The smallest absolute Gasteiger partial charge is 0.124 e. The van der Waals surface area contributed by atoms with Crippen LogP contribution in [-0.2, 0) is 0 Å². The molecule has 0 radical (unpaired) electrons. The molecule has 0 aliphatic heterocycles. The van der Waals surface area contributed by atoms with E-state index in [9.17, 15) is 0 Å². The molecule has 46 valence electrons. The lowest BCUT2D eigenvalue weighted by atomic mass is 10.1. The SMILES string of the molecule is C#C[C@](C)(O)CCO. The van der Waals surface area contributed by atoms with Crippen LogP contribution in [0.4, 0.5) is 0 Å². The van der Waals surface area contributed by atoms with Crippen LogP contribution in [0.5, 0.6) is 0 Å². The van der Waals surface area contributed by atoms with E-state index in [0.29, 0.717) is 0 Å². The predicted octanol–water partition coefficient (Wildman–Crippen LogP) is -0.247. The van der Waals surface area contributed by atoms with E-state index in [1.54, 1.807) is 0 Å². The molecule has 8 heavy (non-hydrogen) atoms. The zero-order chi connectivity index (χ0) is 6.62. The van der Waals surface area contributed by atoms with Crippen LogP contribution in [0.2, 0.25) is 0 Å². The molecule has 0 spiro atoms. The maximum absolute atomic E-state index is 8.93. The summed E-state index contributed by atoms with van der Waals surface area (Å²) in [5.74, 6) is 2.14. The Labute approximate surface area is 49.2 Å². The largest absolute Gasteiger partial charge is 0.396 e. The third-order valence-electron chi connectivity index (χ3n) is 0.910. The highest BCUT2D eigenvalue weighted by atomic mass is 16.3. The molecule has 1 atom stereocenters. The summed E-state index contributed by atoms with van der Waals surface area (Å²) in [6.07, 6.45) is 5.12. The molecule has 0 saturated carbocycles. The van der Waals surface area contributed by atoms with Gasteiger partial charge >= 0.3 is 0 Å². The van der Waals surface area contributed by atoms with Gasteiger partial charge in [0.15, 0.2) is 0 Å². The van der Waals surface area contributed by atoms with Crippen molar-refractivity contribution in [2.45, 2.75) is 18.9 Å². The first-order chi connectivity index (χ1) is 3.62. The molecule has 2 N–H and O–H groups in total. The maximum atomic E-state index is 8.93. The van der Waals surface area contributed by atoms with Crippen LogP contribution in [0.1, 0.15) is 13.3 Å². The van der Waals surface area contributed by atoms with E-state index in [1.165, 1.54) is 6.92 Å². The fourth-order valence-corrected chi connectivity index (χ4v) is 0.290. The number of hydrogen-bond donors (Lipinski definition) is 2. The van der Waals surface area contributed by atoms with Crippen molar-refractivity contribution < 1.29 is 10.2 Å².